The van der Waals surface area contributed by atoms with E-state index in [1.54, 1.807) is 14.2 Å². The molecule has 0 saturated heterocycles. The Kier molecular flexibility index (Phi) is 13.7. The van der Waals surface area contributed by atoms with E-state index in [4.69, 9.17) is 18.9 Å². The highest BCUT2D eigenvalue weighted by Crippen LogP contribution is 1.92. The van der Waals surface area contributed by atoms with Gasteiger partial charge in [-0.2, -0.15) is 0 Å². The molecule has 0 aromatic rings. The van der Waals surface area contributed by atoms with Gasteiger partial charge in [0, 0.05) is 40.6 Å². The van der Waals surface area contributed by atoms with Gasteiger partial charge in [-0.3, -0.25) is 0 Å². The quantitative estimate of drug-likeness (QED) is 0.467. The smallest absolute Gasteiger partial charge is 0.0700 e. The van der Waals surface area contributed by atoms with E-state index in [0.717, 1.165) is 45.7 Å². The van der Waals surface area contributed by atoms with Crippen LogP contribution in [-0.4, -0.2) is 53.9 Å². The van der Waals surface area contributed by atoms with Gasteiger partial charge in [-0.1, -0.05) is 0 Å². The second-order valence-corrected chi connectivity index (χ2v) is 3.27. The van der Waals surface area contributed by atoms with Crippen LogP contribution in [0.3, 0.4) is 0 Å². The van der Waals surface area contributed by atoms with Crippen molar-refractivity contribution in [2.24, 2.45) is 0 Å². The molecule has 0 rings (SSSR count). The molecule has 0 aliphatic carbocycles. The molecule has 0 aliphatic rings. The number of hydrogen-bond acceptors (Lipinski definition) is 4. The largest absolute Gasteiger partial charge is 0.385 e. The molecule has 0 fully saturated rings. The summed E-state index contributed by atoms with van der Waals surface area (Å²) in [4.78, 5) is 0. The molecule has 4 heteroatoms. The molecule has 0 unspecified atom stereocenters. The highest BCUT2D eigenvalue weighted by atomic mass is 16.5. The molecule has 0 radical (unpaired) electrons. The van der Waals surface area contributed by atoms with Crippen LogP contribution in [0.15, 0.2) is 0 Å². The zero-order valence-electron chi connectivity index (χ0n) is 10.00. The molecule has 15 heavy (non-hydrogen) atoms. The molecule has 0 atom stereocenters. The van der Waals surface area contributed by atoms with Crippen LogP contribution in [0.1, 0.15) is 19.3 Å². The zero-order valence-corrected chi connectivity index (χ0v) is 10.00. The summed E-state index contributed by atoms with van der Waals surface area (Å²) in [7, 11) is 3.38. The molecule has 0 saturated carbocycles. The Labute approximate surface area is 92.8 Å². The van der Waals surface area contributed by atoms with Gasteiger partial charge in [0.15, 0.2) is 0 Å². The second-order valence-electron chi connectivity index (χ2n) is 3.27. The van der Waals surface area contributed by atoms with E-state index >= 15 is 0 Å². The molecule has 4 nitrogen and oxygen atoms in total. The maximum absolute atomic E-state index is 5.40. The van der Waals surface area contributed by atoms with Crippen molar-refractivity contribution in [3.63, 3.8) is 0 Å². The average molecular weight is 220 g/mol. The lowest BCUT2D eigenvalue weighted by molar-refractivity contribution is 0.0606. The minimum Gasteiger partial charge on any atom is -0.385 e. The standard InChI is InChI=1S/C11H24O4/c1-12-6-5-9-14-7-3-4-8-15-11-10-13-2/h3-11H2,1-2H3. The Morgan fingerprint density at radius 1 is 0.533 bits per heavy atom. The molecule has 0 N–H and O–H groups in total. The first kappa shape index (κ1) is 14.8. The number of methoxy groups -OCH3 is 2. The summed E-state index contributed by atoms with van der Waals surface area (Å²) in [5.74, 6) is 0. The van der Waals surface area contributed by atoms with Gasteiger partial charge in [-0.25, -0.2) is 0 Å². The Morgan fingerprint density at radius 2 is 1.07 bits per heavy atom. The first-order valence-electron chi connectivity index (χ1n) is 5.55. The summed E-state index contributed by atoms with van der Waals surface area (Å²) >= 11 is 0. The Balaban J connectivity index is 2.81. The van der Waals surface area contributed by atoms with E-state index < -0.39 is 0 Å². The van der Waals surface area contributed by atoms with Gasteiger partial charge in [0.1, 0.15) is 0 Å². The topological polar surface area (TPSA) is 36.9 Å². The summed E-state index contributed by atoms with van der Waals surface area (Å²) in [6.07, 6.45) is 3.08. The first-order valence-corrected chi connectivity index (χ1v) is 5.55. The van der Waals surface area contributed by atoms with Crippen molar-refractivity contribution < 1.29 is 18.9 Å². The molecular weight excluding hydrogens is 196 g/mol. The van der Waals surface area contributed by atoms with Crippen molar-refractivity contribution in [3.8, 4) is 0 Å². The van der Waals surface area contributed by atoms with Gasteiger partial charge in [0.05, 0.1) is 13.2 Å². The van der Waals surface area contributed by atoms with Gasteiger partial charge in [0.2, 0.25) is 0 Å². The first-order chi connectivity index (χ1) is 7.41. The zero-order chi connectivity index (χ0) is 11.2. The molecular formula is C11H24O4. The van der Waals surface area contributed by atoms with Crippen molar-refractivity contribution in [2.45, 2.75) is 19.3 Å². The lowest BCUT2D eigenvalue weighted by Crippen LogP contribution is -2.05. The monoisotopic (exact) mass is 220 g/mol. The van der Waals surface area contributed by atoms with E-state index in [0.29, 0.717) is 13.2 Å². The van der Waals surface area contributed by atoms with Crippen molar-refractivity contribution in [2.75, 3.05) is 53.9 Å². The molecule has 0 amide bonds. The van der Waals surface area contributed by atoms with E-state index in [1.165, 1.54) is 0 Å². The SMILES string of the molecule is COCCCOCCCCOCCOC. The summed E-state index contributed by atoms with van der Waals surface area (Å²) < 4.78 is 20.5. The third-order valence-corrected chi connectivity index (χ3v) is 1.90. The Bertz CT molecular complexity index is 96.8. The maximum atomic E-state index is 5.40. The fourth-order valence-electron chi connectivity index (χ4n) is 1.06. The van der Waals surface area contributed by atoms with E-state index in [9.17, 15) is 0 Å². The van der Waals surface area contributed by atoms with E-state index in [1.807, 2.05) is 0 Å². The number of ether oxygens (including phenoxy) is 4. The third kappa shape index (κ3) is 13.8. The van der Waals surface area contributed by atoms with Crippen LogP contribution in [0, 0.1) is 0 Å². The highest BCUT2D eigenvalue weighted by molar-refractivity contribution is 4.39. The van der Waals surface area contributed by atoms with Crippen LogP contribution < -0.4 is 0 Å². The summed E-state index contributed by atoms with van der Waals surface area (Å²) in [5, 5.41) is 0. The van der Waals surface area contributed by atoms with Crippen LogP contribution in [0.2, 0.25) is 0 Å². The van der Waals surface area contributed by atoms with E-state index in [2.05, 4.69) is 0 Å². The highest BCUT2D eigenvalue weighted by Gasteiger charge is 1.91. The van der Waals surface area contributed by atoms with E-state index in [-0.39, 0.29) is 0 Å². The fourth-order valence-corrected chi connectivity index (χ4v) is 1.06. The lowest BCUT2D eigenvalue weighted by atomic mass is 10.3. The van der Waals surface area contributed by atoms with Crippen molar-refractivity contribution in [1.82, 2.24) is 0 Å². The maximum Gasteiger partial charge on any atom is 0.0700 e. The normalized spacial score (nSPS) is 10.8. The van der Waals surface area contributed by atoms with Gasteiger partial charge < -0.3 is 18.9 Å². The van der Waals surface area contributed by atoms with Crippen molar-refractivity contribution in [1.29, 1.82) is 0 Å². The van der Waals surface area contributed by atoms with Crippen LogP contribution in [0.25, 0.3) is 0 Å². The van der Waals surface area contributed by atoms with Crippen LogP contribution in [0.5, 0.6) is 0 Å². The van der Waals surface area contributed by atoms with Gasteiger partial charge in [0.25, 0.3) is 0 Å². The molecule has 0 spiro atoms. The fraction of sp³-hybridized carbons (Fsp3) is 1.00. The summed E-state index contributed by atoms with van der Waals surface area (Å²) in [6.45, 7) is 4.54. The molecule has 0 aliphatic heterocycles. The van der Waals surface area contributed by atoms with Crippen LogP contribution >= 0.6 is 0 Å². The van der Waals surface area contributed by atoms with Gasteiger partial charge >= 0.3 is 0 Å². The predicted molar refractivity (Wildman–Crippen MR) is 59.2 cm³/mol. The average Bonchev–Trinajstić information content (AvgIpc) is 2.26. The molecule has 0 aromatic carbocycles. The van der Waals surface area contributed by atoms with Gasteiger partial charge in [-0.15, -0.1) is 0 Å². The Morgan fingerprint density at radius 3 is 1.67 bits per heavy atom. The molecule has 92 valence electrons. The Hall–Kier alpha value is -0.160. The van der Waals surface area contributed by atoms with Gasteiger partial charge in [-0.05, 0) is 19.3 Å². The van der Waals surface area contributed by atoms with Crippen LogP contribution in [-0.2, 0) is 18.9 Å². The minimum absolute atomic E-state index is 0.674. The molecule has 0 aromatic heterocycles. The summed E-state index contributed by atoms with van der Waals surface area (Å²) in [6, 6.07) is 0. The number of hydrogen-bond donors (Lipinski definition) is 0. The number of rotatable bonds is 12. The minimum atomic E-state index is 0.674. The third-order valence-electron chi connectivity index (χ3n) is 1.90. The second kappa shape index (κ2) is 13.8. The molecule has 0 heterocycles. The van der Waals surface area contributed by atoms with Crippen molar-refractivity contribution in [3.05, 3.63) is 0 Å². The summed E-state index contributed by atoms with van der Waals surface area (Å²) in [5.41, 5.74) is 0. The van der Waals surface area contributed by atoms with Crippen LogP contribution in [0.4, 0.5) is 0 Å². The predicted octanol–water partition coefficient (Wildman–Crippen LogP) is 1.48. The van der Waals surface area contributed by atoms with Crippen molar-refractivity contribution >= 4 is 0 Å². The molecule has 0 bridgehead atoms. The lowest BCUT2D eigenvalue weighted by Gasteiger charge is -2.04. The number of unbranched alkanes of at least 4 members (excludes halogenated alkanes) is 1.